The van der Waals surface area contributed by atoms with E-state index in [1.807, 2.05) is 0 Å². The summed E-state index contributed by atoms with van der Waals surface area (Å²) in [6, 6.07) is 6.42. The van der Waals surface area contributed by atoms with E-state index in [0.29, 0.717) is 36.8 Å². The van der Waals surface area contributed by atoms with Crippen LogP contribution in [0, 0.1) is 29.4 Å². The van der Waals surface area contributed by atoms with Crippen molar-refractivity contribution in [3.8, 4) is 16.9 Å². The standard InChI is InChI=1S/C29H31F7O4/c1-2-3-17-4-13-25(38-16-17)19-5-7-20(8-6-19)27(37)39-22-11-9-18(10-12-22)21-14-23(30)26(24(31)15-21)28(32,33)40-29(34,35)36/h9-12,14-15,17,19-20,25H,2-8,13,16H2,1H3. The molecule has 1 saturated heterocycles. The Hall–Kier alpha value is -2.66. The quantitative estimate of drug-likeness (QED) is 0.180. The normalized spacial score (nSPS) is 24.1. The van der Waals surface area contributed by atoms with E-state index in [1.54, 1.807) is 0 Å². The molecular weight excluding hydrogens is 545 g/mol. The maximum atomic E-state index is 14.3. The fraction of sp³-hybridized carbons (Fsp3) is 0.552. The topological polar surface area (TPSA) is 44.8 Å². The lowest BCUT2D eigenvalue weighted by atomic mass is 9.77. The zero-order valence-electron chi connectivity index (χ0n) is 21.9. The first-order chi connectivity index (χ1) is 18.9. The minimum Gasteiger partial charge on any atom is -0.426 e. The van der Waals surface area contributed by atoms with Gasteiger partial charge in [0.2, 0.25) is 0 Å². The Morgan fingerprint density at radius 1 is 0.900 bits per heavy atom. The van der Waals surface area contributed by atoms with E-state index in [9.17, 15) is 35.5 Å². The first-order valence-electron chi connectivity index (χ1n) is 13.4. The van der Waals surface area contributed by atoms with E-state index in [1.165, 1.54) is 37.1 Å². The van der Waals surface area contributed by atoms with Gasteiger partial charge in [-0.25, -0.2) is 13.5 Å². The Morgan fingerprint density at radius 2 is 1.52 bits per heavy atom. The molecule has 0 amide bonds. The van der Waals surface area contributed by atoms with E-state index in [4.69, 9.17) is 9.47 Å². The SMILES string of the molecule is CCCC1CCC(C2CCC(C(=O)Oc3ccc(-c4cc(F)c(C(F)(F)OC(F)(F)F)c(F)c4)cc3)CC2)OC1. The molecule has 4 rings (SSSR count). The number of halogens is 7. The summed E-state index contributed by atoms with van der Waals surface area (Å²) in [7, 11) is 0. The molecule has 0 aromatic heterocycles. The molecule has 2 atom stereocenters. The third-order valence-corrected chi connectivity index (χ3v) is 7.72. The van der Waals surface area contributed by atoms with Crippen molar-refractivity contribution in [3.05, 3.63) is 53.6 Å². The minimum absolute atomic E-state index is 0.165. The molecule has 4 nitrogen and oxygen atoms in total. The average molecular weight is 577 g/mol. The first-order valence-corrected chi connectivity index (χ1v) is 13.4. The lowest BCUT2D eigenvalue weighted by Gasteiger charge is -2.37. The van der Waals surface area contributed by atoms with Gasteiger partial charge >= 0.3 is 18.4 Å². The summed E-state index contributed by atoms with van der Waals surface area (Å²) < 4.78 is 107. The molecule has 0 N–H and O–H groups in total. The number of benzene rings is 2. The van der Waals surface area contributed by atoms with Crippen LogP contribution in [0.4, 0.5) is 30.7 Å². The van der Waals surface area contributed by atoms with Crippen LogP contribution in [0.5, 0.6) is 5.75 Å². The van der Waals surface area contributed by atoms with Crippen LogP contribution in [-0.2, 0) is 20.4 Å². The van der Waals surface area contributed by atoms with E-state index >= 15 is 0 Å². The van der Waals surface area contributed by atoms with Crippen LogP contribution >= 0.6 is 0 Å². The molecule has 2 aromatic carbocycles. The highest BCUT2D eigenvalue weighted by Gasteiger charge is 2.49. The van der Waals surface area contributed by atoms with Crippen LogP contribution in [0.25, 0.3) is 11.1 Å². The molecule has 1 saturated carbocycles. The summed E-state index contributed by atoms with van der Waals surface area (Å²) in [6.07, 6.45) is -3.12. The summed E-state index contributed by atoms with van der Waals surface area (Å²) in [6.45, 7) is 2.98. The second kappa shape index (κ2) is 12.5. The van der Waals surface area contributed by atoms with Gasteiger partial charge in [-0.2, -0.15) is 8.78 Å². The Labute approximate surface area is 227 Å². The van der Waals surface area contributed by atoms with Crippen molar-refractivity contribution >= 4 is 5.97 Å². The number of carbonyl (C=O) groups is 1. The van der Waals surface area contributed by atoms with Crippen molar-refractivity contribution in [2.24, 2.45) is 17.8 Å². The van der Waals surface area contributed by atoms with Crippen molar-refractivity contribution in [3.63, 3.8) is 0 Å². The predicted octanol–water partition coefficient (Wildman–Crippen LogP) is 8.52. The summed E-state index contributed by atoms with van der Waals surface area (Å²) >= 11 is 0. The van der Waals surface area contributed by atoms with E-state index in [-0.39, 0.29) is 34.9 Å². The minimum atomic E-state index is -5.81. The van der Waals surface area contributed by atoms with Gasteiger partial charge in [0.1, 0.15) is 22.9 Å². The summed E-state index contributed by atoms with van der Waals surface area (Å²) in [5, 5.41) is 0. The lowest BCUT2D eigenvalue weighted by molar-refractivity contribution is -0.432. The van der Waals surface area contributed by atoms with Gasteiger partial charge in [-0.15, -0.1) is 13.2 Å². The summed E-state index contributed by atoms with van der Waals surface area (Å²) in [5.41, 5.74) is -2.19. The van der Waals surface area contributed by atoms with Gasteiger partial charge in [-0.1, -0.05) is 25.5 Å². The van der Waals surface area contributed by atoms with E-state index < -0.39 is 29.7 Å². The highest BCUT2D eigenvalue weighted by atomic mass is 19.4. The Balaban J connectivity index is 1.32. The van der Waals surface area contributed by atoms with Gasteiger partial charge in [0.15, 0.2) is 0 Å². The molecule has 2 unspecified atom stereocenters. The number of alkyl halides is 5. The smallest absolute Gasteiger partial charge is 0.426 e. The molecule has 2 aromatic rings. The largest absolute Gasteiger partial charge is 0.527 e. The zero-order valence-corrected chi connectivity index (χ0v) is 21.9. The zero-order chi connectivity index (χ0) is 29.1. The van der Waals surface area contributed by atoms with E-state index in [2.05, 4.69) is 11.7 Å². The Bertz CT molecular complexity index is 1130. The fourth-order valence-electron chi connectivity index (χ4n) is 5.69. The van der Waals surface area contributed by atoms with Crippen molar-refractivity contribution in [2.75, 3.05) is 6.61 Å². The summed E-state index contributed by atoms with van der Waals surface area (Å²) in [5.74, 6) is -3.20. The molecule has 1 aliphatic carbocycles. The highest BCUT2D eigenvalue weighted by molar-refractivity contribution is 5.75. The van der Waals surface area contributed by atoms with Crippen molar-refractivity contribution in [2.45, 2.75) is 76.9 Å². The van der Waals surface area contributed by atoms with Crippen molar-refractivity contribution in [1.29, 1.82) is 0 Å². The van der Waals surface area contributed by atoms with Crippen LogP contribution < -0.4 is 4.74 Å². The van der Waals surface area contributed by atoms with Crippen LogP contribution in [0.2, 0.25) is 0 Å². The van der Waals surface area contributed by atoms with Gasteiger partial charge in [-0.3, -0.25) is 4.79 Å². The number of hydrogen-bond donors (Lipinski definition) is 0. The fourth-order valence-corrected chi connectivity index (χ4v) is 5.69. The van der Waals surface area contributed by atoms with Gasteiger partial charge in [0.25, 0.3) is 0 Å². The average Bonchev–Trinajstić information content (AvgIpc) is 2.88. The monoisotopic (exact) mass is 576 g/mol. The highest BCUT2D eigenvalue weighted by Crippen LogP contribution is 2.41. The number of ether oxygens (including phenoxy) is 3. The lowest BCUT2D eigenvalue weighted by Crippen LogP contribution is -2.35. The molecular formula is C29H31F7O4. The second-order valence-electron chi connectivity index (χ2n) is 10.5. The Morgan fingerprint density at radius 3 is 2.05 bits per heavy atom. The van der Waals surface area contributed by atoms with Crippen molar-refractivity contribution < 1.29 is 49.7 Å². The van der Waals surface area contributed by atoms with Crippen LogP contribution in [0.3, 0.4) is 0 Å². The number of hydrogen-bond acceptors (Lipinski definition) is 4. The number of esters is 1. The molecule has 0 radical (unpaired) electrons. The summed E-state index contributed by atoms with van der Waals surface area (Å²) in [4.78, 5) is 12.7. The first kappa shape index (κ1) is 30.3. The van der Waals surface area contributed by atoms with E-state index in [0.717, 1.165) is 32.3 Å². The van der Waals surface area contributed by atoms with Gasteiger partial charge in [0.05, 0.1) is 12.0 Å². The van der Waals surface area contributed by atoms with Crippen LogP contribution in [0.1, 0.15) is 63.9 Å². The molecule has 0 bridgehead atoms. The second-order valence-corrected chi connectivity index (χ2v) is 10.5. The molecule has 0 spiro atoms. The molecule has 11 heteroatoms. The molecule has 40 heavy (non-hydrogen) atoms. The molecule has 1 heterocycles. The predicted molar refractivity (Wildman–Crippen MR) is 131 cm³/mol. The number of carbonyl (C=O) groups excluding carboxylic acids is 1. The van der Waals surface area contributed by atoms with Crippen LogP contribution in [0.15, 0.2) is 36.4 Å². The van der Waals surface area contributed by atoms with Gasteiger partial charge in [-0.05, 0) is 92.2 Å². The maximum absolute atomic E-state index is 14.3. The third-order valence-electron chi connectivity index (χ3n) is 7.72. The molecule has 1 aliphatic heterocycles. The third kappa shape index (κ3) is 7.54. The van der Waals surface area contributed by atoms with Gasteiger partial charge in [0, 0.05) is 6.61 Å². The molecule has 2 aliphatic rings. The Kier molecular flexibility index (Phi) is 9.44. The molecule has 2 fully saturated rings. The van der Waals surface area contributed by atoms with Crippen molar-refractivity contribution in [1.82, 2.24) is 0 Å². The molecule has 220 valence electrons. The maximum Gasteiger partial charge on any atom is 0.527 e. The number of rotatable bonds is 8. The van der Waals surface area contributed by atoms with Gasteiger partial charge < -0.3 is 9.47 Å². The van der Waals surface area contributed by atoms with Crippen LogP contribution in [-0.4, -0.2) is 25.0 Å².